The molecule has 0 aliphatic rings. The number of H-pyrrole nitrogens is 1. The van der Waals surface area contributed by atoms with Gasteiger partial charge < -0.3 is 14.6 Å². The first kappa shape index (κ1) is 20.1. The van der Waals surface area contributed by atoms with Crippen molar-refractivity contribution in [2.24, 2.45) is 0 Å². The molecule has 148 valence electrons. The SMILES string of the molecule is COCCn1c(S[C@@H](C(C)=O)C(=O)N(C)C)nc2c([nH]c3ccccc32)c1=O. The van der Waals surface area contributed by atoms with Crippen molar-refractivity contribution in [3.8, 4) is 0 Å². The molecule has 1 N–H and O–H groups in total. The summed E-state index contributed by atoms with van der Waals surface area (Å²) in [5, 5.41) is 0.154. The number of benzene rings is 1. The summed E-state index contributed by atoms with van der Waals surface area (Å²) >= 11 is 0.993. The van der Waals surface area contributed by atoms with Crippen molar-refractivity contribution in [3.63, 3.8) is 0 Å². The number of fused-ring (bicyclic) bond motifs is 3. The number of carbonyl (C=O) groups is 2. The summed E-state index contributed by atoms with van der Waals surface area (Å²) in [6, 6.07) is 7.49. The maximum atomic E-state index is 13.1. The molecule has 8 nitrogen and oxygen atoms in total. The van der Waals surface area contributed by atoms with E-state index in [0.717, 1.165) is 22.7 Å². The van der Waals surface area contributed by atoms with E-state index in [1.54, 1.807) is 21.2 Å². The van der Waals surface area contributed by atoms with Crippen molar-refractivity contribution in [3.05, 3.63) is 34.6 Å². The van der Waals surface area contributed by atoms with Gasteiger partial charge >= 0.3 is 0 Å². The summed E-state index contributed by atoms with van der Waals surface area (Å²) in [7, 11) is 4.72. The average Bonchev–Trinajstić information content (AvgIpc) is 3.03. The molecule has 1 amide bonds. The minimum absolute atomic E-state index is 0.261. The van der Waals surface area contributed by atoms with Crippen molar-refractivity contribution in [2.75, 3.05) is 27.8 Å². The molecule has 0 saturated heterocycles. The summed E-state index contributed by atoms with van der Waals surface area (Å²) < 4.78 is 6.56. The van der Waals surface area contributed by atoms with Crippen LogP contribution in [0.5, 0.6) is 0 Å². The molecule has 3 rings (SSSR count). The third-order valence-electron chi connectivity index (χ3n) is 4.35. The third kappa shape index (κ3) is 3.67. The molecule has 0 saturated carbocycles. The molecule has 2 heterocycles. The Morgan fingerprint density at radius 3 is 2.68 bits per heavy atom. The highest BCUT2D eigenvalue weighted by Crippen LogP contribution is 2.27. The van der Waals surface area contributed by atoms with Gasteiger partial charge in [0.1, 0.15) is 16.3 Å². The summed E-state index contributed by atoms with van der Waals surface area (Å²) in [5.41, 5.74) is 1.45. The lowest BCUT2D eigenvalue weighted by molar-refractivity contribution is -0.132. The van der Waals surface area contributed by atoms with Crippen molar-refractivity contribution < 1.29 is 14.3 Å². The Morgan fingerprint density at radius 2 is 2.04 bits per heavy atom. The third-order valence-corrected chi connectivity index (χ3v) is 5.64. The van der Waals surface area contributed by atoms with Crippen LogP contribution in [0.15, 0.2) is 34.2 Å². The Morgan fingerprint density at radius 1 is 1.32 bits per heavy atom. The van der Waals surface area contributed by atoms with E-state index in [0.29, 0.717) is 22.8 Å². The molecule has 0 aliphatic carbocycles. The fourth-order valence-corrected chi connectivity index (χ4v) is 4.03. The minimum Gasteiger partial charge on any atom is -0.383 e. The quantitative estimate of drug-likeness (QED) is 0.367. The van der Waals surface area contributed by atoms with Crippen LogP contribution in [0.3, 0.4) is 0 Å². The Kier molecular flexibility index (Phi) is 5.85. The van der Waals surface area contributed by atoms with Gasteiger partial charge in [-0.1, -0.05) is 30.0 Å². The lowest BCUT2D eigenvalue weighted by Gasteiger charge is -2.19. The molecule has 0 spiro atoms. The Bertz CT molecular complexity index is 1100. The van der Waals surface area contributed by atoms with Crippen LogP contribution in [0.4, 0.5) is 0 Å². The number of para-hydroxylation sites is 1. The summed E-state index contributed by atoms with van der Waals surface area (Å²) in [6.07, 6.45) is 0. The van der Waals surface area contributed by atoms with Crippen LogP contribution in [0.25, 0.3) is 21.9 Å². The number of hydrogen-bond acceptors (Lipinski definition) is 6. The highest BCUT2D eigenvalue weighted by Gasteiger charge is 2.29. The topological polar surface area (TPSA) is 97.3 Å². The Hall–Kier alpha value is -2.65. The van der Waals surface area contributed by atoms with Crippen molar-refractivity contribution >= 4 is 45.4 Å². The zero-order chi connectivity index (χ0) is 20.4. The largest absolute Gasteiger partial charge is 0.383 e. The number of ether oxygens (including phenoxy) is 1. The standard InChI is InChI=1S/C19H22N4O4S/c1-11(24)16(18(26)22(2)3)28-19-21-14-12-7-5-6-8-13(12)20-15(14)17(25)23(19)9-10-27-4/h5-8,16,20H,9-10H2,1-4H3/t16-/m0/s1. The number of hydrogen-bond donors (Lipinski definition) is 1. The molecule has 0 unspecified atom stereocenters. The lowest BCUT2D eigenvalue weighted by atomic mass is 10.2. The van der Waals surface area contributed by atoms with Crippen molar-refractivity contribution in [1.82, 2.24) is 19.4 Å². The molecule has 1 aromatic carbocycles. The second-order valence-corrected chi connectivity index (χ2v) is 7.65. The first-order valence-electron chi connectivity index (χ1n) is 8.73. The number of aromatic amines is 1. The van der Waals surface area contributed by atoms with Gasteiger partial charge in [-0.15, -0.1) is 0 Å². The van der Waals surface area contributed by atoms with Gasteiger partial charge in [-0.05, 0) is 13.0 Å². The van der Waals surface area contributed by atoms with Crippen LogP contribution >= 0.6 is 11.8 Å². The van der Waals surface area contributed by atoms with E-state index >= 15 is 0 Å². The number of aromatic nitrogens is 3. The van der Waals surface area contributed by atoms with Crippen LogP contribution in [-0.4, -0.2) is 64.2 Å². The number of methoxy groups -OCH3 is 1. The molecule has 28 heavy (non-hydrogen) atoms. The molecular formula is C19H22N4O4S. The number of rotatable bonds is 7. The molecule has 3 aromatic rings. The summed E-state index contributed by atoms with van der Waals surface area (Å²) in [4.78, 5) is 46.8. The average molecular weight is 402 g/mol. The zero-order valence-electron chi connectivity index (χ0n) is 16.2. The van der Waals surface area contributed by atoms with Gasteiger partial charge in [-0.3, -0.25) is 19.0 Å². The molecule has 0 fully saturated rings. The van der Waals surface area contributed by atoms with E-state index in [2.05, 4.69) is 9.97 Å². The molecule has 0 aliphatic heterocycles. The number of carbonyl (C=O) groups excluding carboxylic acids is 2. The fourth-order valence-electron chi connectivity index (χ4n) is 2.89. The highest BCUT2D eigenvalue weighted by molar-refractivity contribution is 8.01. The number of nitrogens with zero attached hydrogens (tertiary/aromatic N) is 3. The predicted molar refractivity (Wildman–Crippen MR) is 109 cm³/mol. The Labute approximate surface area is 165 Å². The number of nitrogens with one attached hydrogen (secondary N) is 1. The van der Waals surface area contributed by atoms with Gasteiger partial charge in [0, 0.05) is 32.1 Å². The van der Waals surface area contributed by atoms with Gasteiger partial charge in [0.25, 0.3) is 5.56 Å². The predicted octanol–water partition coefficient (Wildman–Crippen LogP) is 1.66. The second-order valence-electron chi connectivity index (χ2n) is 6.58. The first-order valence-corrected chi connectivity index (χ1v) is 9.61. The van der Waals surface area contributed by atoms with Gasteiger partial charge in [0.15, 0.2) is 10.9 Å². The maximum absolute atomic E-state index is 13.1. The van der Waals surface area contributed by atoms with E-state index in [1.807, 2.05) is 24.3 Å². The molecule has 0 radical (unpaired) electrons. The molecule has 0 bridgehead atoms. The van der Waals surface area contributed by atoms with E-state index in [4.69, 9.17) is 4.74 Å². The number of thioether (sulfide) groups is 1. The first-order chi connectivity index (χ1) is 13.3. The van der Waals surface area contributed by atoms with Crippen LogP contribution in [0.2, 0.25) is 0 Å². The van der Waals surface area contributed by atoms with Crippen LogP contribution in [0, 0.1) is 0 Å². The van der Waals surface area contributed by atoms with Crippen LogP contribution < -0.4 is 5.56 Å². The second kappa shape index (κ2) is 8.15. The summed E-state index contributed by atoms with van der Waals surface area (Å²) in [5.74, 6) is -0.640. The van der Waals surface area contributed by atoms with E-state index in [1.165, 1.54) is 16.4 Å². The van der Waals surface area contributed by atoms with Gasteiger partial charge in [-0.2, -0.15) is 0 Å². The number of amides is 1. The lowest BCUT2D eigenvalue weighted by Crippen LogP contribution is -2.37. The highest BCUT2D eigenvalue weighted by atomic mass is 32.2. The van der Waals surface area contributed by atoms with E-state index in [9.17, 15) is 14.4 Å². The molecular weight excluding hydrogens is 380 g/mol. The zero-order valence-corrected chi connectivity index (χ0v) is 17.0. The fraction of sp³-hybridized carbons (Fsp3) is 0.368. The number of ketones is 1. The maximum Gasteiger partial charge on any atom is 0.278 e. The Balaban J connectivity index is 2.20. The van der Waals surface area contributed by atoms with E-state index in [-0.39, 0.29) is 23.8 Å². The molecule has 1 atom stereocenters. The minimum atomic E-state index is -0.974. The van der Waals surface area contributed by atoms with Gasteiger partial charge in [0.2, 0.25) is 5.91 Å². The van der Waals surface area contributed by atoms with Gasteiger partial charge in [-0.25, -0.2) is 4.98 Å². The number of Topliss-reactive ketones (excluding diaryl/α,β-unsaturated/α-hetero) is 1. The smallest absolute Gasteiger partial charge is 0.278 e. The van der Waals surface area contributed by atoms with Gasteiger partial charge in [0.05, 0.1) is 13.2 Å². The summed E-state index contributed by atoms with van der Waals surface area (Å²) in [6.45, 7) is 1.92. The van der Waals surface area contributed by atoms with E-state index < -0.39 is 5.25 Å². The monoisotopic (exact) mass is 402 g/mol. The molecule has 2 aromatic heterocycles. The van der Waals surface area contributed by atoms with Crippen LogP contribution in [-0.2, 0) is 20.9 Å². The van der Waals surface area contributed by atoms with Crippen LogP contribution in [0.1, 0.15) is 6.92 Å². The normalized spacial score (nSPS) is 12.4. The van der Waals surface area contributed by atoms with Crippen molar-refractivity contribution in [2.45, 2.75) is 23.9 Å². The van der Waals surface area contributed by atoms with Crippen molar-refractivity contribution in [1.29, 1.82) is 0 Å². The molecule has 9 heteroatoms.